The number of Topliss-reactive ketones (excluding diaryl/α,β-unsaturated/α-hetero) is 1. The Morgan fingerprint density at radius 1 is 1.40 bits per heavy atom. The largest absolute Gasteiger partial charge is 0.497 e. The Labute approximate surface area is 90.3 Å². The zero-order valence-electron chi connectivity index (χ0n) is 9.03. The van der Waals surface area contributed by atoms with Crippen molar-refractivity contribution >= 4 is 5.78 Å². The lowest BCUT2D eigenvalue weighted by Gasteiger charge is -2.21. The Kier molecular flexibility index (Phi) is 3.05. The maximum Gasteiger partial charge on any atom is 0.133 e. The van der Waals surface area contributed by atoms with Crippen LogP contribution in [0, 0.1) is 0 Å². The molecule has 2 nitrogen and oxygen atoms in total. The van der Waals surface area contributed by atoms with Crippen LogP contribution >= 0.6 is 0 Å². The van der Waals surface area contributed by atoms with Crippen LogP contribution in [-0.4, -0.2) is 12.9 Å². The highest BCUT2D eigenvalue weighted by Crippen LogP contribution is 2.32. The van der Waals surface area contributed by atoms with Gasteiger partial charge in [0.2, 0.25) is 0 Å². The molecule has 0 saturated heterocycles. The summed E-state index contributed by atoms with van der Waals surface area (Å²) in [6, 6.07) is 8.07. The van der Waals surface area contributed by atoms with Gasteiger partial charge >= 0.3 is 0 Å². The number of ketones is 1. The van der Waals surface area contributed by atoms with Crippen LogP contribution in [-0.2, 0) is 4.79 Å². The molecule has 1 saturated carbocycles. The summed E-state index contributed by atoms with van der Waals surface area (Å²) >= 11 is 0. The number of benzene rings is 1. The normalized spacial score (nSPS) is 21.4. The van der Waals surface area contributed by atoms with Crippen molar-refractivity contribution in [2.45, 2.75) is 31.6 Å². The third kappa shape index (κ3) is 2.38. The van der Waals surface area contributed by atoms with Gasteiger partial charge in [0.25, 0.3) is 0 Å². The number of carbonyl (C=O) groups excluding carboxylic acids is 1. The highest BCUT2D eigenvalue weighted by molar-refractivity contribution is 5.80. The predicted octanol–water partition coefficient (Wildman–Crippen LogP) is 2.92. The number of ether oxygens (including phenoxy) is 1. The summed E-state index contributed by atoms with van der Waals surface area (Å²) in [5.74, 6) is 1.68. The van der Waals surface area contributed by atoms with Crippen LogP contribution in [0.5, 0.6) is 5.75 Å². The maximum atomic E-state index is 11.4. The van der Waals surface area contributed by atoms with Crippen molar-refractivity contribution in [2.75, 3.05) is 7.11 Å². The van der Waals surface area contributed by atoms with E-state index in [-0.39, 0.29) is 0 Å². The van der Waals surface area contributed by atoms with Crippen LogP contribution in [0.3, 0.4) is 0 Å². The van der Waals surface area contributed by atoms with E-state index in [1.54, 1.807) is 7.11 Å². The summed E-state index contributed by atoms with van der Waals surface area (Å²) in [5, 5.41) is 0. The van der Waals surface area contributed by atoms with E-state index in [0.29, 0.717) is 18.1 Å². The molecule has 0 heterocycles. The molecule has 0 aliphatic heterocycles. The van der Waals surface area contributed by atoms with Gasteiger partial charge in [-0.05, 0) is 36.5 Å². The predicted molar refractivity (Wildman–Crippen MR) is 59.2 cm³/mol. The number of carbonyl (C=O) groups is 1. The van der Waals surface area contributed by atoms with Gasteiger partial charge in [0, 0.05) is 12.8 Å². The van der Waals surface area contributed by atoms with Gasteiger partial charge in [-0.25, -0.2) is 0 Å². The van der Waals surface area contributed by atoms with Gasteiger partial charge < -0.3 is 4.74 Å². The first-order valence-corrected chi connectivity index (χ1v) is 5.45. The zero-order valence-corrected chi connectivity index (χ0v) is 9.03. The van der Waals surface area contributed by atoms with Crippen molar-refractivity contribution in [2.24, 2.45) is 0 Å². The number of hydrogen-bond acceptors (Lipinski definition) is 2. The standard InChI is InChI=1S/C13H16O2/c1-15-13-7-3-5-11(9-13)10-4-2-6-12(14)8-10/h3,5,7,9-10H,2,4,6,8H2,1H3. The fourth-order valence-corrected chi connectivity index (χ4v) is 2.20. The van der Waals surface area contributed by atoms with E-state index in [4.69, 9.17) is 4.74 Å². The topological polar surface area (TPSA) is 26.3 Å². The van der Waals surface area contributed by atoms with Crippen molar-refractivity contribution in [1.29, 1.82) is 0 Å². The molecular formula is C13H16O2. The van der Waals surface area contributed by atoms with E-state index < -0.39 is 0 Å². The first kappa shape index (κ1) is 10.2. The Morgan fingerprint density at radius 2 is 2.27 bits per heavy atom. The van der Waals surface area contributed by atoms with E-state index in [0.717, 1.165) is 25.0 Å². The Balaban J connectivity index is 2.17. The summed E-state index contributed by atoms with van der Waals surface area (Å²) in [4.78, 5) is 11.4. The minimum Gasteiger partial charge on any atom is -0.497 e. The monoisotopic (exact) mass is 204 g/mol. The van der Waals surface area contributed by atoms with Crippen molar-refractivity contribution in [3.63, 3.8) is 0 Å². The molecule has 0 N–H and O–H groups in total. The second kappa shape index (κ2) is 4.47. The lowest BCUT2D eigenvalue weighted by atomic mass is 9.83. The average molecular weight is 204 g/mol. The number of hydrogen-bond donors (Lipinski definition) is 0. The minimum absolute atomic E-state index is 0.397. The van der Waals surface area contributed by atoms with Gasteiger partial charge in [-0.15, -0.1) is 0 Å². The molecule has 0 amide bonds. The summed E-state index contributed by atoms with van der Waals surface area (Å²) < 4.78 is 5.19. The van der Waals surface area contributed by atoms with Crippen LogP contribution < -0.4 is 4.74 Å². The molecule has 0 spiro atoms. The molecule has 0 aromatic heterocycles. The SMILES string of the molecule is COc1cccc(C2CCCC(=O)C2)c1. The first-order chi connectivity index (χ1) is 7.29. The maximum absolute atomic E-state index is 11.4. The fourth-order valence-electron chi connectivity index (χ4n) is 2.20. The molecule has 1 fully saturated rings. The van der Waals surface area contributed by atoms with Crippen LogP contribution in [0.2, 0.25) is 0 Å². The van der Waals surface area contributed by atoms with E-state index in [1.807, 2.05) is 18.2 Å². The lowest BCUT2D eigenvalue weighted by molar-refractivity contribution is -0.120. The van der Waals surface area contributed by atoms with Crippen molar-refractivity contribution in [1.82, 2.24) is 0 Å². The molecule has 1 atom stereocenters. The minimum atomic E-state index is 0.397. The van der Waals surface area contributed by atoms with Gasteiger partial charge in [0.05, 0.1) is 7.11 Å². The van der Waals surface area contributed by atoms with Gasteiger partial charge in [-0.2, -0.15) is 0 Å². The van der Waals surface area contributed by atoms with E-state index >= 15 is 0 Å². The van der Waals surface area contributed by atoms with Gasteiger partial charge in [0.15, 0.2) is 0 Å². The molecule has 80 valence electrons. The molecule has 15 heavy (non-hydrogen) atoms. The van der Waals surface area contributed by atoms with Crippen molar-refractivity contribution in [3.05, 3.63) is 29.8 Å². The van der Waals surface area contributed by atoms with E-state index in [2.05, 4.69) is 6.07 Å². The van der Waals surface area contributed by atoms with Gasteiger partial charge in [-0.1, -0.05) is 12.1 Å². The smallest absolute Gasteiger partial charge is 0.133 e. The molecule has 0 radical (unpaired) electrons. The summed E-state index contributed by atoms with van der Waals surface area (Å²) in [5.41, 5.74) is 1.24. The fraction of sp³-hybridized carbons (Fsp3) is 0.462. The average Bonchev–Trinajstić information content (AvgIpc) is 2.29. The van der Waals surface area contributed by atoms with E-state index in [1.165, 1.54) is 5.56 Å². The second-order valence-electron chi connectivity index (χ2n) is 4.11. The molecule has 1 aliphatic carbocycles. The van der Waals surface area contributed by atoms with Crippen molar-refractivity contribution < 1.29 is 9.53 Å². The molecule has 2 rings (SSSR count). The second-order valence-corrected chi connectivity index (χ2v) is 4.11. The third-order valence-corrected chi connectivity index (χ3v) is 3.05. The van der Waals surface area contributed by atoms with Crippen LogP contribution in [0.1, 0.15) is 37.2 Å². The quantitative estimate of drug-likeness (QED) is 0.740. The summed E-state index contributed by atoms with van der Waals surface area (Å²) in [6.07, 6.45) is 3.62. The Bertz CT molecular complexity index is 357. The van der Waals surface area contributed by atoms with Crippen LogP contribution in [0.15, 0.2) is 24.3 Å². The highest BCUT2D eigenvalue weighted by atomic mass is 16.5. The summed E-state index contributed by atoms with van der Waals surface area (Å²) in [6.45, 7) is 0. The molecule has 2 heteroatoms. The van der Waals surface area contributed by atoms with Gasteiger partial charge in [-0.3, -0.25) is 4.79 Å². The third-order valence-electron chi connectivity index (χ3n) is 3.05. The molecule has 1 unspecified atom stereocenters. The Morgan fingerprint density at radius 3 is 3.00 bits per heavy atom. The molecule has 1 aromatic rings. The van der Waals surface area contributed by atoms with Gasteiger partial charge in [0.1, 0.15) is 11.5 Å². The first-order valence-electron chi connectivity index (χ1n) is 5.45. The highest BCUT2D eigenvalue weighted by Gasteiger charge is 2.20. The molecule has 1 aliphatic rings. The van der Waals surface area contributed by atoms with Crippen LogP contribution in [0.4, 0.5) is 0 Å². The summed E-state index contributed by atoms with van der Waals surface area (Å²) in [7, 11) is 1.67. The molecule has 0 bridgehead atoms. The molecule has 1 aromatic carbocycles. The zero-order chi connectivity index (χ0) is 10.7. The van der Waals surface area contributed by atoms with Crippen LogP contribution in [0.25, 0.3) is 0 Å². The Hall–Kier alpha value is -1.31. The molecular weight excluding hydrogens is 188 g/mol. The van der Waals surface area contributed by atoms with E-state index in [9.17, 15) is 4.79 Å². The number of methoxy groups -OCH3 is 1. The lowest BCUT2D eigenvalue weighted by Crippen LogP contribution is -2.13. The number of rotatable bonds is 2. The van der Waals surface area contributed by atoms with Crippen molar-refractivity contribution in [3.8, 4) is 5.75 Å².